The van der Waals surface area contributed by atoms with E-state index >= 15 is 0 Å². The molecule has 7 nitrogen and oxygen atoms in total. The van der Waals surface area contributed by atoms with Gasteiger partial charge >= 0.3 is 6.03 Å². The minimum atomic E-state index is -0.271. The van der Waals surface area contributed by atoms with Crippen LogP contribution in [0.25, 0.3) is 0 Å². The Balaban J connectivity index is 1.35. The lowest BCUT2D eigenvalue weighted by Crippen LogP contribution is -2.49. The predicted molar refractivity (Wildman–Crippen MR) is 87.2 cm³/mol. The molecule has 0 spiro atoms. The highest BCUT2D eigenvalue weighted by Gasteiger charge is 2.24. The van der Waals surface area contributed by atoms with E-state index in [1.54, 1.807) is 6.20 Å². The van der Waals surface area contributed by atoms with Gasteiger partial charge in [0.1, 0.15) is 5.82 Å². The highest BCUT2D eigenvalue weighted by atomic mass is 16.2. The van der Waals surface area contributed by atoms with E-state index < -0.39 is 0 Å². The zero-order valence-electron chi connectivity index (χ0n) is 13.1. The number of nitrogens with zero attached hydrogens (tertiary/aromatic N) is 2. The van der Waals surface area contributed by atoms with E-state index in [9.17, 15) is 9.59 Å². The minimum Gasteiger partial charge on any atom is -0.356 e. The first-order valence-electron chi connectivity index (χ1n) is 8.20. The van der Waals surface area contributed by atoms with Crippen molar-refractivity contribution in [2.75, 3.05) is 24.5 Å². The number of hydrogen-bond acceptors (Lipinski definition) is 4. The van der Waals surface area contributed by atoms with Crippen LogP contribution in [0.5, 0.6) is 0 Å². The highest BCUT2D eigenvalue weighted by Crippen LogP contribution is 2.18. The summed E-state index contributed by atoms with van der Waals surface area (Å²) in [6.45, 7) is 1.77. The molecule has 3 rings (SSSR count). The lowest BCUT2D eigenvalue weighted by Gasteiger charge is -2.33. The van der Waals surface area contributed by atoms with Crippen molar-refractivity contribution in [1.29, 1.82) is 0 Å². The highest BCUT2D eigenvalue weighted by molar-refractivity contribution is 5.84. The fourth-order valence-corrected chi connectivity index (χ4v) is 2.70. The summed E-state index contributed by atoms with van der Waals surface area (Å²) < 4.78 is 0. The molecule has 124 valence electrons. The van der Waals surface area contributed by atoms with Crippen molar-refractivity contribution in [1.82, 2.24) is 20.9 Å². The fourth-order valence-electron chi connectivity index (χ4n) is 2.70. The second-order valence-corrected chi connectivity index (χ2v) is 6.12. The van der Waals surface area contributed by atoms with Crippen LogP contribution < -0.4 is 20.9 Å². The second-order valence-electron chi connectivity index (χ2n) is 6.12. The number of piperidine rings is 1. The van der Waals surface area contributed by atoms with Gasteiger partial charge in [0.05, 0.1) is 6.54 Å². The van der Waals surface area contributed by atoms with Crippen LogP contribution in [-0.4, -0.2) is 48.6 Å². The van der Waals surface area contributed by atoms with Gasteiger partial charge in [0, 0.05) is 31.4 Å². The molecule has 2 heterocycles. The molecule has 0 atom stereocenters. The summed E-state index contributed by atoms with van der Waals surface area (Å²) in [7, 11) is 0. The van der Waals surface area contributed by atoms with E-state index in [1.165, 1.54) is 0 Å². The Morgan fingerprint density at radius 2 is 1.83 bits per heavy atom. The summed E-state index contributed by atoms with van der Waals surface area (Å²) in [5.74, 6) is 0.861. The molecule has 0 unspecified atom stereocenters. The molecule has 1 aliphatic carbocycles. The van der Waals surface area contributed by atoms with Crippen LogP contribution in [-0.2, 0) is 4.79 Å². The van der Waals surface area contributed by atoms with Gasteiger partial charge in [0.15, 0.2) is 0 Å². The van der Waals surface area contributed by atoms with Crippen molar-refractivity contribution in [3.8, 4) is 0 Å². The monoisotopic (exact) mass is 317 g/mol. The van der Waals surface area contributed by atoms with Crippen LogP contribution in [0.1, 0.15) is 25.7 Å². The van der Waals surface area contributed by atoms with E-state index in [4.69, 9.17) is 0 Å². The van der Waals surface area contributed by atoms with Gasteiger partial charge in [-0.3, -0.25) is 4.79 Å². The molecule has 2 aliphatic rings. The summed E-state index contributed by atoms with van der Waals surface area (Å²) in [6.07, 6.45) is 5.63. The molecule has 2 fully saturated rings. The zero-order chi connectivity index (χ0) is 16.1. The van der Waals surface area contributed by atoms with Crippen LogP contribution in [0.2, 0.25) is 0 Å². The quantitative estimate of drug-likeness (QED) is 0.743. The van der Waals surface area contributed by atoms with Gasteiger partial charge in [0.2, 0.25) is 5.91 Å². The number of aromatic nitrogens is 1. The van der Waals surface area contributed by atoms with Crippen molar-refractivity contribution < 1.29 is 9.59 Å². The third kappa shape index (κ3) is 4.84. The number of amides is 3. The summed E-state index contributed by atoms with van der Waals surface area (Å²) in [6, 6.07) is 6.07. The van der Waals surface area contributed by atoms with Gasteiger partial charge in [-0.15, -0.1) is 0 Å². The van der Waals surface area contributed by atoms with Crippen molar-refractivity contribution in [3.05, 3.63) is 24.4 Å². The number of pyridine rings is 1. The maximum absolute atomic E-state index is 11.8. The van der Waals surface area contributed by atoms with Gasteiger partial charge in [0.25, 0.3) is 0 Å². The Morgan fingerprint density at radius 1 is 1.09 bits per heavy atom. The number of hydrogen-bond donors (Lipinski definition) is 3. The predicted octanol–water partition coefficient (Wildman–Crippen LogP) is 0.628. The smallest absolute Gasteiger partial charge is 0.315 e. The molecular weight excluding hydrogens is 294 g/mol. The maximum atomic E-state index is 11.8. The summed E-state index contributed by atoms with van der Waals surface area (Å²) in [5, 5.41) is 8.40. The Labute approximate surface area is 135 Å². The van der Waals surface area contributed by atoms with Crippen LogP contribution in [0, 0.1) is 0 Å². The van der Waals surface area contributed by atoms with Crippen molar-refractivity contribution in [2.24, 2.45) is 0 Å². The Bertz CT molecular complexity index is 539. The number of rotatable bonds is 5. The van der Waals surface area contributed by atoms with Gasteiger partial charge in [-0.2, -0.15) is 0 Å². The minimum absolute atomic E-state index is 0.0368. The van der Waals surface area contributed by atoms with Gasteiger partial charge in [-0.1, -0.05) is 6.07 Å². The first-order chi connectivity index (χ1) is 11.2. The topological polar surface area (TPSA) is 86.4 Å². The summed E-state index contributed by atoms with van der Waals surface area (Å²) >= 11 is 0. The number of carbonyl (C=O) groups is 2. The van der Waals surface area contributed by atoms with E-state index in [2.05, 4.69) is 25.8 Å². The molecule has 7 heteroatoms. The van der Waals surface area contributed by atoms with Crippen molar-refractivity contribution in [2.45, 2.75) is 37.8 Å². The zero-order valence-corrected chi connectivity index (χ0v) is 13.1. The molecule has 0 aromatic carbocycles. The molecule has 0 bridgehead atoms. The number of nitrogens with one attached hydrogen (secondary N) is 3. The lowest BCUT2D eigenvalue weighted by atomic mass is 10.1. The largest absolute Gasteiger partial charge is 0.356 e. The standard InChI is InChI=1S/C16H23N5O2/c22-15(19-12-4-5-12)11-18-16(23)20-13-6-9-21(10-7-13)14-3-1-2-8-17-14/h1-3,8,12-13H,4-7,9-11H2,(H,19,22)(H2,18,20,23). The molecule has 3 amide bonds. The molecule has 1 saturated carbocycles. The summed E-state index contributed by atoms with van der Waals surface area (Å²) in [5.41, 5.74) is 0. The molecule has 3 N–H and O–H groups in total. The van der Waals surface area contributed by atoms with Gasteiger partial charge < -0.3 is 20.9 Å². The van der Waals surface area contributed by atoms with Crippen LogP contribution >= 0.6 is 0 Å². The molecule has 23 heavy (non-hydrogen) atoms. The lowest BCUT2D eigenvalue weighted by molar-refractivity contribution is -0.120. The van der Waals surface area contributed by atoms with E-state index in [0.717, 1.165) is 44.6 Å². The second kappa shape index (κ2) is 7.30. The third-order valence-electron chi connectivity index (χ3n) is 4.16. The van der Waals surface area contributed by atoms with Crippen LogP contribution in [0.3, 0.4) is 0 Å². The van der Waals surface area contributed by atoms with Crippen molar-refractivity contribution in [3.63, 3.8) is 0 Å². The van der Waals surface area contributed by atoms with Gasteiger partial charge in [-0.25, -0.2) is 9.78 Å². The van der Waals surface area contributed by atoms with Crippen molar-refractivity contribution >= 4 is 17.8 Å². The average molecular weight is 317 g/mol. The number of carbonyl (C=O) groups excluding carboxylic acids is 2. The fraction of sp³-hybridized carbons (Fsp3) is 0.562. The number of urea groups is 1. The molecule has 1 aromatic rings. The summed E-state index contributed by atoms with van der Waals surface area (Å²) in [4.78, 5) is 29.9. The van der Waals surface area contributed by atoms with Crippen LogP contribution in [0.4, 0.5) is 10.6 Å². The first-order valence-corrected chi connectivity index (χ1v) is 8.20. The molecule has 1 saturated heterocycles. The molecule has 0 radical (unpaired) electrons. The normalized spacial score (nSPS) is 18.3. The van der Waals surface area contributed by atoms with Gasteiger partial charge in [-0.05, 0) is 37.8 Å². The van der Waals surface area contributed by atoms with Crippen LogP contribution in [0.15, 0.2) is 24.4 Å². The Kier molecular flexibility index (Phi) is 4.95. The van der Waals surface area contributed by atoms with E-state index in [0.29, 0.717) is 6.04 Å². The molecular formula is C16H23N5O2. The SMILES string of the molecule is O=C(CNC(=O)NC1CCN(c2ccccn2)CC1)NC1CC1. The maximum Gasteiger partial charge on any atom is 0.315 e. The average Bonchev–Trinajstić information content (AvgIpc) is 3.38. The van der Waals surface area contributed by atoms with E-state index in [-0.39, 0.29) is 24.5 Å². The third-order valence-corrected chi connectivity index (χ3v) is 4.16. The Morgan fingerprint density at radius 3 is 2.48 bits per heavy atom. The molecule has 1 aliphatic heterocycles. The first kappa shape index (κ1) is 15.6. The van der Waals surface area contributed by atoms with E-state index in [1.807, 2.05) is 18.2 Å². The Hall–Kier alpha value is -2.31. The number of anilines is 1. The molecule has 1 aromatic heterocycles.